The molecule has 0 aliphatic carbocycles. The summed E-state index contributed by atoms with van der Waals surface area (Å²) in [6, 6.07) is 5.21. The van der Waals surface area contributed by atoms with Crippen molar-refractivity contribution in [1.82, 2.24) is 36.3 Å². The maximum Gasteiger partial charge on any atom is 0.416 e. The summed E-state index contributed by atoms with van der Waals surface area (Å²) < 4.78 is 55.3. The third-order valence-electron chi connectivity index (χ3n) is 5.99. The molecule has 31 heavy (non-hydrogen) atoms. The second-order valence-electron chi connectivity index (χ2n) is 8.25. The number of aromatic nitrogens is 3. The molecular formula is C20H27F4N7. The second-order valence-corrected chi connectivity index (χ2v) is 8.25. The summed E-state index contributed by atoms with van der Waals surface area (Å²) in [5, 5.41) is 20.7. The topological polar surface area (TPSA) is 78.8 Å². The quantitative estimate of drug-likeness (QED) is 0.534. The van der Waals surface area contributed by atoms with Crippen LogP contribution in [0.4, 0.5) is 17.6 Å². The van der Waals surface area contributed by atoms with E-state index in [4.69, 9.17) is 0 Å². The zero-order chi connectivity index (χ0) is 22.0. The average Bonchev–Trinajstić information content (AvgIpc) is 3.23. The van der Waals surface area contributed by atoms with Crippen LogP contribution in [0, 0.1) is 5.92 Å². The zero-order valence-electron chi connectivity index (χ0n) is 17.2. The molecular weight excluding hydrogens is 414 g/mol. The predicted octanol–water partition coefficient (Wildman–Crippen LogP) is 2.25. The number of nitrogens with one attached hydrogen (secondary N) is 4. The van der Waals surface area contributed by atoms with E-state index in [1.807, 2.05) is 0 Å². The Morgan fingerprint density at radius 1 is 1.13 bits per heavy atom. The summed E-state index contributed by atoms with van der Waals surface area (Å²) in [7, 11) is 0. The van der Waals surface area contributed by atoms with Crippen molar-refractivity contribution >= 4 is 0 Å². The van der Waals surface area contributed by atoms with Crippen molar-refractivity contribution < 1.29 is 17.6 Å². The van der Waals surface area contributed by atoms with Gasteiger partial charge in [-0.25, -0.2) is 9.07 Å². The van der Waals surface area contributed by atoms with Gasteiger partial charge in [0.15, 0.2) is 6.17 Å². The van der Waals surface area contributed by atoms with E-state index in [0.29, 0.717) is 36.4 Å². The Kier molecular flexibility index (Phi) is 6.56. The first-order valence-electron chi connectivity index (χ1n) is 10.5. The van der Waals surface area contributed by atoms with Gasteiger partial charge < -0.3 is 5.32 Å². The van der Waals surface area contributed by atoms with Crippen LogP contribution in [0.25, 0.3) is 11.3 Å². The van der Waals surface area contributed by atoms with Crippen LogP contribution in [0.3, 0.4) is 0 Å². The monoisotopic (exact) mass is 441 g/mol. The minimum atomic E-state index is -4.41. The first kappa shape index (κ1) is 22.1. The third-order valence-corrected chi connectivity index (χ3v) is 5.99. The Balaban J connectivity index is 1.44. The molecule has 2 aliphatic heterocycles. The lowest BCUT2D eigenvalue weighted by Gasteiger charge is -2.37. The van der Waals surface area contributed by atoms with Crippen molar-refractivity contribution in [3.8, 4) is 11.3 Å². The molecule has 0 spiro atoms. The maximum absolute atomic E-state index is 15.4. The van der Waals surface area contributed by atoms with E-state index in [-0.39, 0.29) is 0 Å². The fraction of sp³-hybridized carbons (Fsp3) is 0.600. The van der Waals surface area contributed by atoms with Crippen LogP contribution >= 0.6 is 0 Å². The van der Waals surface area contributed by atoms with Gasteiger partial charge in [-0.1, -0.05) is 17.3 Å². The van der Waals surface area contributed by atoms with Gasteiger partial charge in [-0.3, -0.25) is 16.0 Å². The Hall–Kier alpha value is -2.08. The lowest BCUT2D eigenvalue weighted by atomic mass is 9.95. The van der Waals surface area contributed by atoms with Gasteiger partial charge >= 0.3 is 6.18 Å². The molecule has 5 unspecified atom stereocenters. The zero-order valence-corrected chi connectivity index (χ0v) is 17.2. The summed E-state index contributed by atoms with van der Waals surface area (Å²) in [4.78, 5) is 0. The van der Waals surface area contributed by atoms with Crippen LogP contribution in [-0.2, 0) is 6.18 Å². The van der Waals surface area contributed by atoms with Gasteiger partial charge in [0.2, 0.25) is 0 Å². The second kappa shape index (κ2) is 9.19. The molecule has 1 aromatic carbocycles. The molecule has 2 saturated heterocycles. The third kappa shape index (κ3) is 5.05. The molecule has 5 atom stereocenters. The van der Waals surface area contributed by atoms with E-state index in [0.717, 1.165) is 31.5 Å². The summed E-state index contributed by atoms with van der Waals surface area (Å²) in [5.41, 5.74) is 0.187. The van der Waals surface area contributed by atoms with E-state index in [9.17, 15) is 13.2 Å². The van der Waals surface area contributed by atoms with Crippen LogP contribution in [0.2, 0.25) is 0 Å². The smallest absolute Gasteiger partial charge is 0.314 e. The highest BCUT2D eigenvalue weighted by atomic mass is 19.4. The highest BCUT2D eigenvalue weighted by Crippen LogP contribution is 2.31. The van der Waals surface area contributed by atoms with Crippen molar-refractivity contribution in [2.75, 3.05) is 19.8 Å². The lowest BCUT2D eigenvalue weighted by Crippen LogP contribution is -2.62. The average molecular weight is 441 g/mol. The normalized spacial score (nSPS) is 29.8. The van der Waals surface area contributed by atoms with Gasteiger partial charge in [0.05, 0.1) is 23.6 Å². The summed E-state index contributed by atoms with van der Waals surface area (Å²) in [5.74, 6) is 0.438. The van der Waals surface area contributed by atoms with E-state index in [1.54, 1.807) is 0 Å². The molecule has 2 fully saturated rings. The van der Waals surface area contributed by atoms with Gasteiger partial charge in [0.1, 0.15) is 6.17 Å². The van der Waals surface area contributed by atoms with Crippen LogP contribution in [0.15, 0.2) is 30.5 Å². The number of halogens is 4. The van der Waals surface area contributed by atoms with Gasteiger partial charge in [-0.2, -0.15) is 13.2 Å². The van der Waals surface area contributed by atoms with Gasteiger partial charge in [-0.05, 0) is 44.4 Å². The molecule has 11 heteroatoms. The molecule has 3 heterocycles. The van der Waals surface area contributed by atoms with Crippen molar-refractivity contribution in [3.63, 3.8) is 0 Å². The standard InChI is InChI=1S/C20H27F4N7/c1-12-2-3-13(8-25-12)9-26-18-17(21)19(28-11-27-18)31-16(10-29-30-31)14-4-6-15(7-5-14)20(22,23)24/h4-7,10,12-13,17-19,25-28H,2-3,8-9,11H2,1H3. The Labute approximate surface area is 178 Å². The van der Waals surface area contributed by atoms with Crippen LogP contribution < -0.4 is 21.3 Å². The van der Waals surface area contributed by atoms with Gasteiger partial charge in [0.25, 0.3) is 0 Å². The van der Waals surface area contributed by atoms with Crippen LogP contribution in [0.5, 0.6) is 0 Å². The maximum atomic E-state index is 15.4. The van der Waals surface area contributed by atoms with E-state index >= 15 is 4.39 Å². The molecule has 0 radical (unpaired) electrons. The van der Waals surface area contributed by atoms with Crippen LogP contribution in [-0.4, -0.2) is 53.1 Å². The molecule has 170 valence electrons. The first-order chi connectivity index (χ1) is 14.8. The van der Waals surface area contributed by atoms with E-state index in [1.165, 1.54) is 23.0 Å². The number of benzene rings is 1. The van der Waals surface area contributed by atoms with Crippen molar-refractivity contribution in [1.29, 1.82) is 0 Å². The van der Waals surface area contributed by atoms with Crippen molar-refractivity contribution in [2.24, 2.45) is 5.92 Å². The number of piperidine rings is 1. The highest BCUT2D eigenvalue weighted by molar-refractivity contribution is 5.59. The fourth-order valence-electron chi connectivity index (χ4n) is 4.10. The molecule has 0 bridgehead atoms. The van der Waals surface area contributed by atoms with Crippen molar-refractivity contribution in [3.05, 3.63) is 36.0 Å². The number of hydrogen-bond acceptors (Lipinski definition) is 6. The molecule has 0 saturated carbocycles. The molecule has 1 aromatic heterocycles. The molecule has 7 nitrogen and oxygen atoms in total. The summed E-state index contributed by atoms with van der Waals surface area (Å²) >= 11 is 0. The molecule has 4 N–H and O–H groups in total. The largest absolute Gasteiger partial charge is 0.416 e. The first-order valence-corrected chi connectivity index (χ1v) is 10.5. The van der Waals surface area contributed by atoms with E-state index < -0.39 is 30.2 Å². The molecule has 2 aromatic rings. The van der Waals surface area contributed by atoms with Crippen molar-refractivity contribution in [2.45, 2.75) is 50.5 Å². The fourth-order valence-corrected chi connectivity index (χ4v) is 4.10. The Morgan fingerprint density at radius 2 is 1.90 bits per heavy atom. The number of rotatable bonds is 5. The van der Waals surface area contributed by atoms with Gasteiger partial charge in [-0.15, -0.1) is 5.10 Å². The van der Waals surface area contributed by atoms with E-state index in [2.05, 4.69) is 38.5 Å². The van der Waals surface area contributed by atoms with Crippen LogP contribution in [0.1, 0.15) is 31.5 Å². The highest BCUT2D eigenvalue weighted by Gasteiger charge is 2.36. The predicted molar refractivity (Wildman–Crippen MR) is 108 cm³/mol. The Morgan fingerprint density at radius 3 is 2.58 bits per heavy atom. The minimum Gasteiger partial charge on any atom is -0.314 e. The minimum absolute atomic E-state index is 0.356. The number of nitrogens with zero attached hydrogens (tertiary/aromatic N) is 3. The molecule has 4 rings (SSSR count). The molecule has 0 amide bonds. The Bertz CT molecular complexity index is 846. The number of hydrogen-bond donors (Lipinski definition) is 4. The molecule has 2 aliphatic rings. The SMILES string of the molecule is CC1CCC(CNC2NCNC(n3nncc3-c3ccc(C(F)(F)F)cc3)C2F)CN1. The lowest BCUT2D eigenvalue weighted by molar-refractivity contribution is -0.137. The summed E-state index contributed by atoms with van der Waals surface area (Å²) in [6.45, 7) is 4.11. The summed E-state index contributed by atoms with van der Waals surface area (Å²) in [6.07, 6.45) is -3.53. The van der Waals surface area contributed by atoms with Gasteiger partial charge in [0, 0.05) is 24.8 Å². The number of alkyl halides is 4.